The SMILES string of the molecule is CSc1ccsc1C(=O)N1CCC(C)(CN)C1. The van der Waals surface area contributed by atoms with Crippen molar-refractivity contribution in [2.45, 2.75) is 18.2 Å². The van der Waals surface area contributed by atoms with E-state index in [4.69, 9.17) is 5.73 Å². The fourth-order valence-electron chi connectivity index (χ4n) is 2.12. The Morgan fingerprint density at radius 1 is 1.71 bits per heavy atom. The number of amides is 1. The van der Waals surface area contributed by atoms with Crippen molar-refractivity contribution in [1.82, 2.24) is 4.90 Å². The third kappa shape index (κ3) is 2.51. The lowest BCUT2D eigenvalue weighted by molar-refractivity contribution is 0.0778. The predicted octanol–water partition coefficient (Wildman–Crippen LogP) is 2.28. The molecular formula is C12H18N2OS2. The van der Waals surface area contributed by atoms with E-state index in [1.54, 1.807) is 11.8 Å². The van der Waals surface area contributed by atoms with E-state index in [2.05, 4.69) is 6.92 Å². The summed E-state index contributed by atoms with van der Waals surface area (Å²) in [5.74, 6) is 0.168. The van der Waals surface area contributed by atoms with Gasteiger partial charge in [0.1, 0.15) is 4.88 Å². The van der Waals surface area contributed by atoms with Gasteiger partial charge in [-0.3, -0.25) is 4.79 Å². The third-order valence-corrected chi connectivity index (χ3v) is 5.19. The standard InChI is InChI=1S/C12H18N2OS2/c1-12(7-13)4-5-14(8-12)11(15)10-9(16-2)3-6-17-10/h3,6H,4-5,7-8,13H2,1-2H3. The summed E-state index contributed by atoms with van der Waals surface area (Å²) >= 11 is 3.17. The number of hydrogen-bond acceptors (Lipinski definition) is 4. The zero-order chi connectivity index (χ0) is 12.5. The van der Waals surface area contributed by atoms with Crippen LogP contribution in [-0.4, -0.2) is 36.7 Å². The number of likely N-dealkylation sites (tertiary alicyclic amines) is 1. The molecule has 1 aromatic heterocycles. The van der Waals surface area contributed by atoms with E-state index in [0.717, 1.165) is 29.3 Å². The molecule has 0 aliphatic carbocycles. The average molecular weight is 270 g/mol. The van der Waals surface area contributed by atoms with Gasteiger partial charge in [-0.25, -0.2) is 0 Å². The lowest BCUT2D eigenvalue weighted by Gasteiger charge is -2.22. The maximum atomic E-state index is 12.4. The zero-order valence-electron chi connectivity index (χ0n) is 10.2. The smallest absolute Gasteiger partial charge is 0.265 e. The average Bonchev–Trinajstić information content (AvgIpc) is 2.95. The van der Waals surface area contributed by atoms with Crippen molar-refractivity contribution in [2.75, 3.05) is 25.9 Å². The second-order valence-corrected chi connectivity index (χ2v) is 6.57. The zero-order valence-corrected chi connectivity index (χ0v) is 11.9. The van der Waals surface area contributed by atoms with Crippen molar-refractivity contribution in [2.24, 2.45) is 11.1 Å². The van der Waals surface area contributed by atoms with E-state index in [9.17, 15) is 4.79 Å². The minimum absolute atomic E-state index is 0.104. The first-order valence-corrected chi connectivity index (χ1v) is 7.81. The lowest BCUT2D eigenvalue weighted by Crippen LogP contribution is -2.34. The van der Waals surface area contributed by atoms with Crippen LogP contribution < -0.4 is 5.73 Å². The third-order valence-electron chi connectivity index (χ3n) is 3.38. The molecule has 0 bridgehead atoms. The van der Waals surface area contributed by atoms with Crippen molar-refractivity contribution < 1.29 is 4.79 Å². The van der Waals surface area contributed by atoms with Gasteiger partial charge in [-0.15, -0.1) is 23.1 Å². The molecule has 1 amide bonds. The number of nitrogens with zero attached hydrogens (tertiary/aromatic N) is 1. The summed E-state index contributed by atoms with van der Waals surface area (Å²) in [6.07, 6.45) is 3.02. The summed E-state index contributed by atoms with van der Waals surface area (Å²) in [5, 5.41) is 1.98. The molecular weight excluding hydrogens is 252 g/mol. The van der Waals surface area contributed by atoms with E-state index in [1.165, 1.54) is 11.3 Å². The van der Waals surface area contributed by atoms with Crippen molar-refractivity contribution >= 4 is 29.0 Å². The van der Waals surface area contributed by atoms with Crippen LogP contribution in [0.5, 0.6) is 0 Å². The fraction of sp³-hybridized carbons (Fsp3) is 0.583. The molecule has 2 rings (SSSR count). The highest BCUT2D eigenvalue weighted by Crippen LogP contribution is 2.32. The Kier molecular flexibility index (Phi) is 3.80. The number of hydrogen-bond donors (Lipinski definition) is 1. The summed E-state index contributed by atoms with van der Waals surface area (Å²) in [7, 11) is 0. The fourth-order valence-corrected chi connectivity index (χ4v) is 3.83. The lowest BCUT2D eigenvalue weighted by atomic mass is 9.90. The van der Waals surface area contributed by atoms with E-state index in [1.807, 2.05) is 22.6 Å². The Morgan fingerprint density at radius 3 is 3.06 bits per heavy atom. The number of rotatable bonds is 3. The highest BCUT2D eigenvalue weighted by molar-refractivity contribution is 7.98. The van der Waals surface area contributed by atoms with Crippen LogP contribution in [0.4, 0.5) is 0 Å². The molecule has 94 valence electrons. The van der Waals surface area contributed by atoms with Gasteiger partial charge in [-0.05, 0) is 36.1 Å². The van der Waals surface area contributed by atoms with Crippen LogP contribution in [0, 0.1) is 5.41 Å². The number of thiophene rings is 1. The van der Waals surface area contributed by atoms with Gasteiger partial charge in [0.2, 0.25) is 0 Å². The maximum absolute atomic E-state index is 12.4. The summed E-state index contributed by atoms with van der Waals surface area (Å²) < 4.78 is 0. The summed E-state index contributed by atoms with van der Waals surface area (Å²) in [6, 6.07) is 2.01. The topological polar surface area (TPSA) is 46.3 Å². The van der Waals surface area contributed by atoms with Gasteiger partial charge in [0.15, 0.2) is 0 Å². The molecule has 1 atom stereocenters. The van der Waals surface area contributed by atoms with Crippen LogP contribution in [0.2, 0.25) is 0 Å². The quantitative estimate of drug-likeness (QED) is 0.857. The van der Waals surface area contributed by atoms with Crippen molar-refractivity contribution in [3.05, 3.63) is 16.3 Å². The van der Waals surface area contributed by atoms with Gasteiger partial charge in [0.25, 0.3) is 5.91 Å². The highest BCUT2D eigenvalue weighted by atomic mass is 32.2. The predicted molar refractivity (Wildman–Crippen MR) is 73.8 cm³/mol. The van der Waals surface area contributed by atoms with E-state index in [0.29, 0.717) is 6.54 Å². The van der Waals surface area contributed by atoms with Crippen LogP contribution in [0.15, 0.2) is 16.3 Å². The van der Waals surface area contributed by atoms with Crippen molar-refractivity contribution in [3.63, 3.8) is 0 Å². The molecule has 2 N–H and O–H groups in total. The van der Waals surface area contributed by atoms with Crippen LogP contribution in [0.1, 0.15) is 23.0 Å². The first kappa shape index (κ1) is 12.9. The normalized spacial score (nSPS) is 24.3. The monoisotopic (exact) mass is 270 g/mol. The van der Waals surface area contributed by atoms with E-state index >= 15 is 0 Å². The Labute approximate surface area is 110 Å². The minimum atomic E-state index is 0.104. The number of nitrogens with two attached hydrogens (primary N) is 1. The summed E-state index contributed by atoms with van der Waals surface area (Å²) in [5.41, 5.74) is 5.87. The maximum Gasteiger partial charge on any atom is 0.265 e. The van der Waals surface area contributed by atoms with E-state index in [-0.39, 0.29) is 11.3 Å². The summed E-state index contributed by atoms with van der Waals surface area (Å²) in [4.78, 5) is 16.3. The van der Waals surface area contributed by atoms with Gasteiger partial charge in [0.05, 0.1) is 0 Å². The molecule has 0 aromatic carbocycles. The van der Waals surface area contributed by atoms with Crippen molar-refractivity contribution in [3.8, 4) is 0 Å². The van der Waals surface area contributed by atoms with Crippen LogP contribution >= 0.6 is 23.1 Å². The first-order valence-electron chi connectivity index (χ1n) is 5.70. The number of carbonyl (C=O) groups excluding carboxylic acids is 1. The molecule has 1 aliphatic rings. The largest absolute Gasteiger partial charge is 0.337 e. The van der Waals surface area contributed by atoms with Crippen LogP contribution in [0.25, 0.3) is 0 Å². The molecule has 17 heavy (non-hydrogen) atoms. The molecule has 3 nitrogen and oxygen atoms in total. The van der Waals surface area contributed by atoms with Gasteiger partial charge in [-0.1, -0.05) is 6.92 Å². The molecule has 1 fully saturated rings. The second kappa shape index (κ2) is 5.00. The highest BCUT2D eigenvalue weighted by Gasteiger charge is 2.35. The van der Waals surface area contributed by atoms with Gasteiger partial charge in [0, 0.05) is 18.0 Å². The second-order valence-electron chi connectivity index (χ2n) is 4.81. The van der Waals surface area contributed by atoms with Gasteiger partial charge < -0.3 is 10.6 Å². The number of thioether (sulfide) groups is 1. The van der Waals surface area contributed by atoms with Crippen LogP contribution in [-0.2, 0) is 0 Å². The Bertz CT molecular complexity index is 418. The Hall–Kier alpha value is -0.520. The van der Waals surface area contributed by atoms with Gasteiger partial charge >= 0.3 is 0 Å². The van der Waals surface area contributed by atoms with E-state index < -0.39 is 0 Å². The number of carbonyl (C=O) groups is 1. The molecule has 0 saturated carbocycles. The molecule has 2 heterocycles. The van der Waals surface area contributed by atoms with Gasteiger partial charge in [-0.2, -0.15) is 0 Å². The Balaban J connectivity index is 2.12. The molecule has 1 saturated heterocycles. The van der Waals surface area contributed by atoms with Crippen molar-refractivity contribution in [1.29, 1.82) is 0 Å². The Morgan fingerprint density at radius 2 is 2.47 bits per heavy atom. The molecule has 1 aliphatic heterocycles. The molecule has 0 radical (unpaired) electrons. The summed E-state index contributed by atoms with van der Waals surface area (Å²) in [6.45, 7) is 4.42. The molecule has 5 heteroatoms. The minimum Gasteiger partial charge on any atom is -0.337 e. The molecule has 0 spiro atoms. The molecule has 1 aromatic rings. The van der Waals surface area contributed by atoms with Crippen LogP contribution in [0.3, 0.4) is 0 Å². The molecule has 1 unspecified atom stereocenters. The first-order chi connectivity index (χ1) is 8.09.